The van der Waals surface area contributed by atoms with Gasteiger partial charge in [-0.3, -0.25) is 5.26 Å². The summed E-state index contributed by atoms with van der Waals surface area (Å²) in [4.78, 5) is 16.6. The Morgan fingerprint density at radius 3 is 2.33 bits per heavy atom. The number of rotatable bonds is 4. The zero-order valence-electron chi connectivity index (χ0n) is 4.26. The van der Waals surface area contributed by atoms with Crippen LogP contribution in [0, 0.1) is 0 Å². The van der Waals surface area contributed by atoms with E-state index in [1.54, 1.807) is 0 Å². The summed E-state index contributed by atoms with van der Waals surface area (Å²) in [6, 6.07) is 0. The largest absolute Gasteiger partial charge is 0.593 e. The van der Waals surface area contributed by atoms with Crippen LogP contribution in [-0.2, 0) is 14.3 Å². The van der Waals surface area contributed by atoms with E-state index in [1.807, 2.05) is 0 Å². The summed E-state index contributed by atoms with van der Waals surface area (Å²) < 4.78 is 9.88. The highest BCUT2D eigenvalue weighted by molar-refractivity contribution is 7.37. The summed E-state index contributed by atoms with van der Waals surface area (Å²) in [5.74, 6) is -1.50. The fourth-order valence-electron chi connectivity index (χ4n) is 0.194. The minimum absolute atomic E-state index is 0.602. The molecule has 0 bridgehead atoms. The van der Waals surface area contributed by atoms with E-state index < -0.39 is 20.5 Å². The number of hydrogen-bond acceptors (Lipinski definition) is 6. The first-order chi connectivity index (χ1) is 4.22. The number of hydrogen-bond donors (Lipinski definition) is 2. The molecule has 0 aliphatic carbocycles. The SMILES string of the molecule is O=[P+]([O-])C(COO)OO. The van der Waals surface area contributed by atoms with Crippen LogP contribution < -0.4 is 4.89 Å². The molecular formula is C2H5O6P. The normalized spacial score (nSPS) is 15.2. The first-order valence-electron chi connectivity index (χ1n) is 1.92. The van der Waals surface area contributed by atoms with Crippen LogP contribution in [0.5, 0.6) is 0 Å². The predicted molar refractivity (Wildman–Crippen MR) is 23.7 cm³/mol. The molecule has 0 saturated heterocycles. The maximum atomic E-state index is 9.88. The molecule has 0 heterocycles. The monoisotopic (exact) mass is 156 g/mol. The van der Waals surface area contributed by atoms with E-state index in [2.05, 4.69) is 9.78 Å². The molecule has 0 aliphatic heterocycles. The van der Waals surface area contributed by atoms with E-state index >= 15 is 0 Å². The first-order valence-corrected chi connectivity index (χ1v) is 3.17. The van der Waals surface area contributed by atoms with Crippen molar-refractivity contribution in [1.29, 1.82) is 0 Å². The fraction of sp³-hybridized carbons (Fsp3) is 1.00. The Labute approximate surface area is 51.4 Å². The second-order valence-electron chi connectivity index (χ2n) is 1.14. The average molecular weight is 156 g/mol. The van der Waals surface area contributed by atoms with E-state index in [1.165, 1.54) is 0 Å². The average Bonchev–Trinajstić information content (AvgIpc) is 1.82. The van der Waals surface area contributed by atoms with Gasteiger partial charge in [0.1, 0.15) is 0 Å². The predicted octanol–water partition coefficient (Wildman–Crippen LogP) is -0.606. The summed E-state index contributed by atoms with van der Waals surface area (Å²) in [7, 11) is -2.93. The van der Waals surface area contributed by atoms with Crippen LogP contribution in [0.3, 0.4) is 0 Å². The molecule has 2 N–H and O–H groups in total. The maximum Gasteiger partial charge on any atom is 0.346 e. The molecule has 0 aromatic rings. The third-order valence-corrected chi connectivity index (χ3v) is 1.29. The lowest BCUT2D eigenvalue weighted by atomic mass is 10.8. The van der Waals surface area contributed by atoms with Gasteiger partial charge < -0.3 is 4.89 Å². The van der Waals surface area contributed by atoms with Gasteiger partial charge in [-0.1, -0.05) is 4.57 Å². The zero-order valence-corrected chi connectivity index (χ0v) is 5.15. The minimum atomic E-state index is -2.93. The van der Waals surface area contributed by atoms with Crippen LogP contribution in [0.4, 0.5) is 0 Å². The molecule has 0 spiro atoms. The highest BCUT2D eigenvalue weighted by atomic mass is 31.1. The molecule has 0 amide bonds. The molecule has 2 atom stereocenters. The van der Waals surface area contributed by atoms with Gasteiger partial charge in [0, 0.05) is 0 Å². The molecule has 0 rings (SSSR count). The summed E-state index contributed by atoms with van der Waals surface area (Å²) in [6.45, 7) is -0.602. The third kappa shape index (κ3) is 3.47. The molecule has 54 valence electrons. The summed E-state index contributed by atoms with van der Waals surface area (Å²) >= 11 is 0. The Hall–Kier alpha value is -0.100. The van der Waals surface area contributed by atoms with E-state index in [-0.39, 0.29) is 0 Å². The van der Waals surface area contributed by atoms with Crippen molar-refractivity contribution in [1.82, 2.24) is 0 Å². The molecule has 7 heteroatoms. The Morgan fingerprint density at radius 1 is 1.67 bits per heavy atom. The van der Waals surface area contributed by atoms with Gasteiger partial charge in [0.2, 0.25) is 0 Å². The molecule has 0 saturated carbocycles. The Balaban J connectivity index is 3.54. The Morgan fingerprint density at radius 2 is 2.22 bits per heavy atom. The van der Waals surface area contributed by atoms with E-state index in [4.69, 9.17) is 10.5 Å². The summed E-state index contributed by atoms with van der Waals surface area (Å²) in [6.07, 6.45) is 0. The lowest BCUT2D eigenvalue weighted by molar-refractivity contribution is -0.316. The van der Waals surface area contributed by atoms with Gasteiger partial charge in [-0.15, -0.1) is 0 Å². The van der Waals surface area contributed by atoms with Crippen molar-refractivity contribution in [3.8, 4) is 0 Å². The van der Waals surface area contributed by atoms with E-state index in [9.17, 15) is 9.46 Å². The summed E-state index contributed by atoms with van der Waals surface area (Å²) in [5, 5.41) is 15.4. The topological polar surface area (TPSA) is 99.1 Å². The van der Waals surface area contributed by atoms with E-state index in [0.717, 1.165) is 0 Å². The lowest BCUT2D eigenvalue weighted by Crippen LogP contribution is -2.17. The summed E-state index contributed by atoms with van der Waals surface area (Å²) in [5.41, 5.74) is 0. The lowest BCUT2D eigenvalue weighted by Gasteiger charge is -1.99. The standard InChI is InChI=1S/C2H5O6P/c3-7-1-2(8-4)9(5)6/h2-4H,1H2. The highest BCUT2D eigenvalue weighted by Gasteiger charge is 2.22. The second-order valence-corrected chi connectivity index (χ2v) is 2.29. The van der Waals surface area contributed by atoms with Crippen LogP contribution in [0.2, 0.25) is 0 Å². The van der Waals surface area contributed by atoms with Crippen molar-refractivity contribution >= 4 is 8.03 Å². The van der Waals surface area contributed by atoms with Gasteiger partial charge in [-0.05, 0) is 0 Å². The van der Waals surface area contributed by atoms with Crippen molar-refractivity contribution < 1.29 is 29.7 Å². The Kier molecular flexibility index (Phi) is 4.70. The molecule has 0 radical (unpaired) electrons. The minimum Gasteiger partial charge on any atom is -0.593 e. The second kappa shape index (κ2) is 4.75. The van der Waals surface area contributed by atoms with E-state index in [0.29, 0.717) is 0 Å². The van der Waals surface area contributed by atoms with Gasteiger partial charge in [0.05, 0.1) is 0 Å². The maximum absolute atomic E-state index is 9.88. The van der Waals surface area contributed by atoms with Crippen LogP contribution in [0.25, 0.3) is 0 Å². The molecular weight excluding hydrogens is 151 g/mol. The van der Waals surface area contributed by atoms with Crippen LogP contribution in [0.1, 0.15) is 0 Å². The first kappa shape index (κ1) is 8.90. The van der Waals surface area contributed by atoms with Crippen LogP contribution in [-0.4, -0.2) is 23.0 Å². The van der Waals surface area contributed by atoms with Gasteiger partial charge in [-0.25, -0.2) is 10.1 Å². The molecule has 0 fully saturated rings. The Bertz CT molecular complexity index is 93.1. The van der Waals surface area contributed by atoms with Crippen LogP contribution in [0.15, 0.2) is 0 Å². The van der Waals surface area contributed by atoms with Crippen molar-refractivity contribution in [2.75, 3.05) is 6.61 Å². The van der Waals surface area contributed by atoms with Crippen molar-refractivity contribution in [3.05, 3.63) is 0 Å². The molecule has 0 aromatic carbocycles. The van der Waals surface area contributed by atoms with Gasteiger partial charge in [0.15, 0.2) is 6.61 Å². The molecule has 0 aliphatic rings. The molecule has 6 nitrogen and oxygen atoms in total. The van der Waals surface area contributed by atoms with Crippen molar-refractivity contribution in [2.45, 2.75) is 5.85 Å². The molecule has 2 unspecified atom stereocenters. The molecule has 0 aromatic heterocycles. The van der Waals surface area contributed by atoms with Gasteiger partial charge >= 0.3 is 13.9 Å². The quantitative estimate of drug-likeness (QED) is 0.320. The van der Waals surface area contributed by atoms with Crippen molar-refractivity contribution in [3.63, 3.8) is 0 Å². The third-order valence-electron chi connectivity index (χ3n) is 0.574. The zero-order chi connectivity index (χ0) is 7.28. The van der Waals surface area contributed by atoms with Gasteiger partial charge in [-0.2, -0.15) is 4.89 Å². The fourth-order valence-corrected chi connectivity index (χ4v) is 0.459. The van der Waals surface area contributed by atoms with Crippen molar-refractivity contribution in [2.24, 2.45) is 0 Å². The highest BCUT2D eigenvalue weighted by Crippen LogP contribution is 2.17. The molecule has 9 heavy (non-hydrogen) atoms. The van der Waals surface area contributed by atoms with Crippen LogP contribution >= 0.6 is 8.03 Å². The smallest absolute Gasteiger partial charge is 0.346 e. The van der Waals surface area contributed by atoms with Gasteiger partial charge in [0.25, 0.3) is 0 Å².